The largest absolute Gasteiger partial charge is 0.416 e. The third-order valence-electron chi connectivity index (χ3n) is 4.07. The Morgan fingerprint density at radius 3 is 2.44 bits per heavy atom. The molecule has 0 amide bonds. The summed E-state index contributed by atoms with van der Waals surface area (Å²) in [5, 5.41) is 0. The summed E-state index contributed by atoms with van der Waals surface area (Å²) in [7, 11) is 0. The normalized spacial score (nSPS) is 12.0. The molecule has 0 aliphatic rings. The van der Waals surface area contributed by atoms with Gasteiger partial charge in [0.05, 0.1) is 23.2 Å². The summed E-state index contributed by atoms with van der Waals surface area (Å²) in [5.74, 6) is 0. The number of hydrogen-bond acceptors (Lipinski definition) is 1. The van der Waals surface area contributed by atoms with Gasteiger partial charge in [-0.1, -0.05) is 12.1 Å². The molecule has 0 N–H and O–H groups in total. The van der Waals surface area contributed by atoms with E-state index in [9.17, 15) is 13.2 Å². The molecule has 5 heteroatoms. The van der Waals surface area contributed by atoms with Crippen molar-refractivity contribution in [2.24, 2.45) is 4.99 Å². The lowest BCUT2D eigenvalue weighted by Crippen LogP contribution is -2.06. The van der Waals surface area contributed by atoms with Crippen molar-refractivity contribution in [3.05, 3.63) is 83.2 Å². The van der Waals surface area contributed by atoms with Crippen molar-refractivity contribution in [3.8, 4) is 5.69 Å². The average molecular weight is 342 g/mol. The molecule has 0 atom stereocenters. The molecule has 1 aromatic heterocycles. The van der Waals surface area contributed by atoms with E-state index in [1.165, 1.54) is 11.6 Å². The van der Waals surface area contributed by atoms with E-state index in [-0.39, 0.29) is 0 Å². The van der Waals surface area contributed by atoms with Crippen molar-refractivity contribution < 1.29 is 13.2 Å². The van der Waals surface area contributed by atoms with E-state index in [1.54, 1.807) is 29.1 Å². The average Bonchev–Trinajstić information content (AvgIpc) is 3.04. The molecule has 25 heavy (non-hydrogen) atoms. The molecule has 1 heterocycles. The van der Waals surface area contributed by atoms with Crippen molar-refractivity contribution in [2.75, 3.05) is 0 Å². The summed E-state index contributed by atoms with van der Waals surface area (Å²) >= 11 is 0. The summed E-state index contributed by atoms with van der Waals surface area (Å²) in [6, 6.07) is 14.7. The van der Waals surface area contributed by atoms with Crippen LogP contribution in [-0.4, -0.2) is 10.8 Å². The van der Waals surface area contributed by atoms with Gasteiger partial charge in [0.25, 0.3) is 0 Å². The second-order valence-electron chi connectivity index (χ2n) is 5.88. The molecular weight excluding hydrogens is 325 g/mol. The molecule has 0 saturated heterocycles. The molecule has 0 saturated carbocycles. The van der Waals surface area contributed by atoms with Crippen LogP contribution in [0, 0.1) is 13.8 Å². The van der Waals surface area contributed by atoms with Crippen molar-refractivity contribution >= 4 is 11.9 Å². The van der Waals surface area contributed by atoms with E-state index < -0.39 is 11.7 Å². The lowest BCUT2D eigenvalue weighted by Gasteiger charge is -2.11. The highest BCUT2D eigenvalue weighted by Crippen LogP contribution is 2.30. The van der Waals surface area contributed by atoms with Gasteiger partial charge in [-0.2, -0.15) is 13.2 Å². The molecule has 0 fully saturated rings. The van der Waals surface area contributed by atoms with Gasteiger partial charge in [0.15, 0.2) is 0 Å². The highest BCUT2D eigenvalue weighted by Gasteiger charge is 2.30. The van der Waals surface area contributed by atoms with E-state index in [1.807, 2.05) is 38.1 Å². The summed E-state index contributed by atoms with van der Waals surface area (Å²) in [6.45, 7) is 4.04. The van der Waals surface area contributed by atoms with Crippen LogP contribution in [0.15, 0.2) is 65.8 Å². The molecule has 0 spiro atoms. The van der Waals surface area contributed by atoms with Crippen molar-refractivity contribution in [1.82, 2.24) is 4.57 Å². The van der Waals surface area contributed by atoms with Gasteiger partial charge in [0.2, 0.25) is 0 Å². The summed E-state index contributed by atoms with van der Waals surface area (Å²) in [4.78, 5) is 4.44. The van der Waals surface area contributed by atoms with Gasteiger partial charge in [-0.05, 0) is 67.4 Å². The second kappa shape index (κ2) is 6.59. The topological polar surface area (TPSA) is 17.3 Å². The predicted molar refractivity (Wildman–Crippen MR) is 93.9 cm³/mol. The molecule has 128 valence electrons. The molecule has 0 bridgehead atoms. The summed E-state index contributed by atoms with van der Waals surface area (Å²) < 4.78 is 40.4. The van der Waals surface area contributed by atoms with E-state index in [0.29, 0.717) is 11.4 Å². The number of aliphatic imine (C=N–C) groups is 1. The van der Waals surface area contributed by atoms with Crippen molar-refractivity contribution in [2.45, 2.75) is 20.0 Å². The summed E-state index contributed by atoms with van der Waals surface area (Å²) in [5.41, 5.74) is 3.61. The van der Waals surface area contributed by atoms with Gasteiger partial charge in [-0.3, -0.25) is 4.99 Å². The smallest absolute Gasteiger partial charge is 0.316 e. The van der Waals surface area contributed by atoms with Crippen LogP contribution >= 0.6 is 0 Å². The van der Waals surface area contributed by atoms with Crippen LogP contribution in [0.4, 0.5) is 18.9 Å². The Kier molecular flexibility index (Phi) is 4.49. The standard InChI is InChI=1S/C20H17F3N2/c1-14-8-9-17(11-15(14)2)24-13-19-7-4-10-25(19)18-6-3-5-16(12-18)20(21,22)23/h3-13H,1-2H3. The number of nitrogens with zero attached hydrogens (tertiary/aromatic N) is 2. The maximum atomic E-state index is 12.9. The van der Waals surface area contributed by atoms with Gasteiger partial charge >= 0.3 is 6.18 Å². The van der Waals surface area contributed by atoms with Crippen molar-refractivity contribution in [1.29, 1.82) is 0 Å². The zero-order valence-electron chi connectivity index (χ0n) is 13.9. The number of halogens is 3. The third kappa shape index (κ3) is 3.82. The molecule has 2 aromatic carbocycles. The first-order chi connectivity index (χ1) is 11.8. The lowest BCUT2D eigenvalue weighted by molar-refractivity contribution is -0.137. The molecule has 0 unspecified atom stereocenters. The highest BCUT2D eigenvalue weighted by molar-refractivity contribution is 5.81. The second-order valence-corrected chi connectivity index (χ2v) is 5.88. The maximum absolute atomic E-state index is 12.9. The fourth-order valence-electron chi connectivity index (χ4n) is 2.51. The zero-order valence-corrected chi connectivity index (χ0v) is 13.9. The predicted octanol–water partition coefficient (Wildman–Crippen LogP) is 5.86. The molecule has 3 aromatic rings. The highest BCUT2D eigenvalue weighted by atomic mass is 19.4. The van der Waals surface area contributed by atoms with Crippen LogP contribution in [0.25, 0.3) is 5.69 Å². The first kappa shape index (κ1) is 17.0. The van der Waals surface area contributed by atoms with Crippen molar-refractivity contribution in [3.63, 3.8) is 0 Å². The van der Waals surface area contributed by atoms with Crippen LogP contribution in [0.3, 0.4) is 0 Å². The Balaban J connectivity index is 1.93. The number of benzene rings is 2. The third-order valence-corrected chi connectivity index (χ3v) is 4.07. The first-order valence-electron chi connectivity index (χ1n) is 7.81. The fourth-order valence-corrected chi connectivity index (χ4v) is 2.51. The monoisotopic (exact) mass is 342 g/mol. The van der Waals surface area contributed by atoms with Gasteiger partial charge < -0.3 is 4.57 Å². The Bertz CT molecular complexity index is 921. The van der Waals surface area contributed by atoms with Gasteiger partial charge in [0.1, 0.15) is 0 Å². The van der Waals surface area contributed by atoms with Crippen LogP contribution in [0.1, 0.15) is 22.4 Å². The Hall–Kier alpha value is -2.82. The molecule has 0 radical (unpaired) electrons. The van der Waals surface area contributed by atoms with Gasteiger partial charge in [-0.25, -0.2) is 0 Å². The molecule has 3 rings (SSSR count). The summed E-state index contributed by atoms with van der Waals surface area (Å²) in [6.07, 6.45) is -0.988. The molecular formula is C20H17F3N2. The minimum Gasteiger partial charge on any atom is -0.316 e. The Labute approximate surface area is 144 Å². The molecule has 0 aliphatic heterocycles. The van der Waals surface area contributed by atoms with E-state index in [0.717, 1.165) is 23.4 Å². The maximum Gasteiger partial charge on any atom is 0.416 e. The number of alkyl halides is 3. The van der Waals surface area contributed by atoms with Gasteiger partial charge in [0, 0.05) is 11.9 Å². The van der Waals surface area contributed by atoms with E-state index in [2.05, 4.69) is 4.99 Å². The number of aromatic nitrogens is 1. The van der Waals surface area contributed by atoms with E-state index in [4.69, 9.17) is 0 Å². The lowest BCUT2D eigenvalue weighted by atomic mass is 10.1. The zero-order chi connectivity index (χ0) is 18.0. The Morgan fingerprint density at radius 1 is 0.920 bits per heavy atom. The first-order valence-corrected chi connectivity index (χ1v) is 7.81. The van der Waals surface area contributed by atoms with Gasteiger partial charge in [-0.15, -0.1) is 0 Å². The van der Waals surface area contributed by atoms with Crippen LogP contribution in [0.2, 0.25) is 0 Å². The van der Waals surface area contributed by atoms with Crippen LogP contribution in [-0.2, 0) is 6.18 Å². The molecule has 2 nitrogen and oxygen atoms in total. The van der Waals surface area contributed by atoms with E-state index >= 15 is 0 Å². The minimum absolute atomic E-state index is 0.446. The SMILES string of the molecule is Cc1ccc(N=Cc2cccn2-c2cccc(C(F)(F)F)c2)cc1C. The van der Waals surface area contributed by atoms with Crippen LogP contribution < -0.4 is 0 Å². The van der Waals surface area contributed by atoms with Crippen LogP contribution in [0.5, 0.6) is 0 Å². The minimum atomic E-state index is -4.36. The quantitative estimate of drug-likeness (QED) is 0.530. The molecule has 0 aliphatic carbocycles. The number of hydrogen-bond donors (Lipinski definition) is 0. The number of rotatable bonds is 3. The fraction of sp³-hybridized carbons (Fsp3) is 0.150. The Morgan fingerprint density at radius 2 is 1.72 bits per heavy atom. The number of aryl methyl sites for hydroxylation is 2.